The smallest absolute Gasteiger partial charge is 0.153 e. The first-order valence-corrected chi connectivity index (χ1v) is 4.57. The lowest BCUT2D eigenvalue weighted by Crippen LogP contribution is -1.95. The fraction of sp³-hybridized carbons (Fsp3) is 0. The lowest BCUT2D eigenvalue weighted by molar-refractivity contribution is 0.112. The summed E-state index contributed by atoms with van der Waals surface area (Å²) in [5.74, 6) is 0. The molecule has 2 rings (SSSR count). The van der Waals surface area contributed by atoms with E-state index in [1.807, 2.05) is 30.3 Å². The van der Waals surface area contributed by atoms with Gasteiger partial charge in [-0.1, -0.05) is 30.3 Å². The molecule has 1 aromatic heterocycles. The molecular formula is C12H10N2O. The zero-order chi connectivity index (χ0) is 10.7. The van der Waals surface area contributed by atoms with Crippen LogP contribution >= 0.6 is 0 Å². The summed E-state index contributed by atoms with van der Waals surface area (Å²) in [7, 11) is 0. The van der Waals surface area contributed by atoms with Crippen molar-refractivity contribution >= 4 is 12.0 Å². The number of nitrogen functional groups attached to an aromatic ring is 1. The van der Waals surface area contributed by atoms with Crippen molar-refractivity contribution in [1.29, 1.82) is 0 Å². The van der Waals surface area contributed by atoms with Crippen molar-refractivity contribution in [3.8, 4) is 11.3 Å². The Morgan fingerprint density at radius 1 is 1.20 bits per heavy atom. The molecule has 0 saturated carbocycles. The average molecular weight is 198 g/mol. The quantitative estimate of drug-likeness (QED) is 0.752. The van der Waals surface area contributed by atoms with Gasteiger partial charge in [-0.3, -0.25) is 9.78 Å². The Balaban J connectivity index is 2.47. The number of aromatic nitrogens is 1. The van der Waals surface area contributed by atoms with E-state index in [9.17, 15) is 4.79 Å². The summed E-state index contributed by atoms with van der Waals surface area (Å²) in [6, 6.07) is 11.4. The van der Waals surface area contributed by atoms with E-state index in [-0.39, 0.29) is 0 Å². The number of hydrogen-bond donors (Lipinski definition) is 1. The van der Waals surface area contributed by atoms with Crippen molar-refractivity contribution in [2.45, 2.75) is 0 Å². The fourth-order valence-corrected chi connectivity index (χ4v) is 1.35. The lowest BCUT2D eigenvalue weighted by atomic mass is 10.1. The van der Waals surface area contributed by atoms with Gasteiger partial charge in [0.25, 0.3) is 0 Å². The molecule has 1 heterocycles. The van der Waals surface area contributed by atoms with Crippen molar-refractivity contribution < 1.29 is 4.79 Å². The maximum atomic E-state index is 10.6. The predicted molar refractivity (Wildman–Crippen MR) is 59.5 cm³/mol. The van der Waals surface area contributed by atoms with Crippen molar-refractivity contribution in [2.24, 2.45) is 0 Å². The van der Waals surface area contributed by atoms with Gasteiger partial charge < -0.3 is 5.73 Å². The van der Waals surface area contributed by atoms with Gasteiger partial charge >= 0.3 is 0 Å². The summed E-state index contributed by atoms with van der Waals surface area (Å²) in [4.78, 5) is 14.7. The Bertz CT molecular complexity index is 480. The van der Waals surface area contributed by atoms with Crippen LogP contribution in [0.2, 0.25) is 0 Å². The topological polar surface area (TPSA) is 56.0 Å². The van der Waals surface area contributed by atoms with Crippen LogP contribution in [0.15, 0.2) is 42.6 Å². The van der Waals surface area contributed by atoms with E-state index in [0.29, 0.717) is 17.5 Å². The highest BCUT2D eigenvalue weighted by Gasteiger charge is 2.02. The minimum Gasteiger partial charge on any atom is -0.398 e. The van der Waals surface area contributed by atoms with E-state index in [0.717, 1.165) is 11.3 Å². The summed E-state index contributed by atoms with van der Waals surface area (Å²) in [5.41, 5.74) is 8.35. The molecule has 0 aliphatic carbocycles. The first kappa shape index (κ1) is 9.40. The SMILES string of the molecule is Nc1cc(-c2ccccc2)ncc1C=O. The standard InChI is InChI=1S/C12H10N2O/c13-11-6-12(14-7-10(11)8-15)9-4-2-1-3-5-9/h1-8H,(H2,13,14). The average Bonchev–Trinajstić information content (AvgIpc) is 2.30. The number of anilines is 1. The Morgan fingerprint density at radius 2 is 1.93 bits per heavy atom. The Hall–Kier alpha value is -2.16. The Labute approximate surface area is 87.6 Å². The van der Waals surface area contributed by atoms with Crippen LogP contribution in [0.3, 0.4) is 0 Å². The number of aldehydes is 1. The van der Waals surface area contributed by atoms with Gasteiger partial charge in [0.2, 0.25) is 0 Å². The molecule has 0 bridgehead atoms. The van der Waals surface area contributed by atoms with E-state index in [1.54, 1.807) is 6.07 Å². The lowest BCUT2D eigenvalue weighted by Gasteiger charge is -2.03. The fourth-order valence-electron chi connectivity index (χ4n) is 1.35. The summed E-state index contributed by atoms with van der Waals surface area (Å²) in [6.45, 7) is 0. The van der Waals surface area contributed by atoms with E-state index in [4.69, 9.17) is 5.73 Å². The van der Waals surface area contributed by atoms with Crippen LogP contribution in [0.1, 0.15) is 10.4 Å². The number of carbonyl (C=O) groups excluding carboxylic acids is 1. The first-order chi connectivity index (χ1) is 7.31. The number of carbonyl (C=O) groups is 1. The molecule has 3 heteroatoms. The number of rotatable bonds is 2. The maximum absolute atomic E-state index is 10.6. The third kappa shape index (κ3) is 1.86. The Kier molecular flexibility index (Phi) is 2.46. The number of hydrogen-bond acceptors (Lipinski definition) is 3. The zero-order valence-corrected chi connectivity index (χ0v) is 8.05. The monoisotopic (exact) mass is 198 g/mol. The molecule has 0 radical (unpaired) electrons. The third-order valence-electron chi connectivity index (χ3n) is 2.16. The van der Waals surface area contributed by atoms with Crippen LogP contribution in [0.5, 0.6) is 0 Å². The molecule has 0 unspecified atom stereocenters. The van der Waals surface area contributed by atoms with Crippen molar-refractivity contribution in [3.05, 3.63) is 48.2 Å². The summed E-state index contributed by atoms with van der Waals surface area (Å²) >= 11 is 0. The van der Waals surface area contributed by atoms with Crippen LogP contribution in [0.4, 0.5) is 5.69 Å². The molecule has 0 aliphatic heterocycles. The summed E-state index contributed by atoms with van der Waals surface area (Å²) in [5, 5.41) is 0. The van der Waals surface area contributed by atoms with Crippen LogP contribution in [0, 0.1) is 0 Å². The molecule has 0 aliphatic rings. The van der Waals surface area contributed by atoms with Gasteiger partial charge in [0.15, 0.2) is 6.29 Å². The second-order valence-electron chi connectivity index (χ2n) is 3.18. The minimum absolute atomic E-state index is 0.426. The van der Waals surface area contributed by atoms with Crippen LogP contribution in [-0.4, -0.2) is 11.3 Å². The molecule has 15 heavy (non-hydrogen) atoms. The minimum atomic E-state index is 0.426. The highest BCUT2D eigenvalue weighted by molar-refractivity contribution is 5.84. The van der Waals surface area contributed by atoms with Gasteiger partial charge in [-0.05, 0) is 6.07 Å². The van der Waals surface area contributed by atoms with E-state index in [2.05, 4.69) is 4.98 Å². The Morgan fingerprint density at radius 3 is 2.53 bits per heavy atom. The van der Waals surface area contributed by atoms with Gasteiger partial charge in [-0.15, -0.1) is 0 Å². The summed E-state index contributed by atoms with van der Waals surface area (Å²) < 4.78 is 0. The molecule has 2 N–H and O–H groups in total. The highest BCUT2D eigenvalue weighted by Crippen LogP contribution is 2.19. The molecule has 74 valence electrons. The zero-order valence-electron chi connectivity index (χ0n) is 8.05. The predicted octanol–water partition coefficient (Wildman–Crippen LogP) is 2.14. The van der Waals surface area contributed by atoms with E-state index in [1.165, 1.54) is 6.20 Å². The maximum Gasteiger partial charge on any atom is 0.153 e. The number of pyridine rings is 1. The largest absolute Gasteiger partial charge is 0.398 e. The molecule has 0 spiro atoms. The molecular weight excluding hydrogens is 188 g/mol. The number of nitrogens with zero attached hydrogens (tertiary/aromatic N) is 1. The van der Waals surface area contributed by atoms with Crippen molar-refractivity contribution in [2.75, 3.05) is 5.73 Å². The van der Waals surface area contributed by atoms with E-state index < -0.39 is 0 Å². The number of benzene rings is 1. The number of nitrogens with two attached hydrogens (primary N) is 1. The van der Waals surface area contributed by atoms with Gasteiger partial charge in [-0.2, -0.15) is 0 Å². The second kappa shape index (κ2) is 3.92. The normalized spacial score (nSPS) is 9.87. The molecule has 0 amide bonds. The van der Waals surface area contributed by atoms with Crippen LogP contribution < -0.4 is 5.73 Å². The molecule has 2 aromatic rings. The first-order valence-electron chi connectivity index (χ1n) is 4.57. The molecule has 0 fully saturated rings. The summed E-state index contributed by atoms with van der Waals surface area (Å²) in [6.07, 6.45) is 2.20. The van der Waals surface area contributed by atoms with Gasteiger partial charge in [0.05, 0.1) is 11.3 Å². The third-order valence-corrected chi connectivity index (χ3v) is 2.16. The van der Waals surface area contributed by atoms with Crippen molar-refractivity contribution in [3.63, 3.8) is 0 Å². The van der Waals surface area contributed by atoms with E-state index >= 15 is 0 Å². The molecule has 0 atom stereocenters. The molecule has 1 aromatic carbocycles. The van der Waals surface area contributed by atoms with Gasteiger partial charge in [0, 0.05) is 17.4 Å². The highest BCUT2D eigenvalue weighted by atomic mass is 16.1. The van der Waals surface area contributed by atoms with Crippen LogP contribution in [0.25, 0.3) is 11.3 Å². The van der Waals surface area contributed by atoms with Crippen LogP contribution in [-0.2, 0) is 0 Å². The van der Waals surface area contributed by atoms with Gasteiger partial charge in [-0.25, -0.2) is 0 Å². The van der Waals surface area contributed by atoms with Crippen molar-refractivity contribution in [1.82, 2.24) is 4.98 Å². The van der Waals surface area contributed by atoms with Gasteiger partial charge in [0.1, 0.15) is 0 Å². The molecule has 3 nitrogen and oxygen atoms in total. The second-order valence-corrected chi connectivity index (χ2v) is 3.18. The molecule has 0 saturated heterocycles.